The van der Waals surface area contributed by atoms with Crippen molar-refractivity contribution in [2.75, 3.05) is 19.6 Å². The zero-order valence-electron chi connectivity index (χ0n) is 6.26. The van der Waals surface area contributed by atoms with E-state index in [4.69, 9.17) is 0 Å². The lowest BCUT2D eigenvalue weighted by atomic mass is 10.1. The summed E-state index contributed by atoms with van der Waals surface area (Å²) in [5.74, 6) is 0. The Balaban J connectivity index is 1.93. The highest BCUT2D eigenvalue weighted by molar-refractivity contribution is 14.1. The van der Waals surface area contributed by atoms with Crippen LogP contribution < -0.4 is 5.32 Å². The van der Waals surface area contributed by atoms with Gasteiger partial charge in [0.15, 0.2) is 0 Å². The zero-order chi connectivity index (χ0) is 7.84. The quantitative estimate of drug-likeness (QED) is 0.430. The molecule has 1 N–H and O–H groups in total. The predicted octanol–water partition coefficient (Wildman–Crippen LogP) is 0.763. The molecule has 2 aliphatic rings. The third-order valence-corrected chi connectivity index (χ3v) is 4.00. The van der Waals surface area contributed by atoms with Crippen molar-refractivity contribution < 1.29 is 4.39 Å². The summed E-state index contributed by atoms with van der Waals surface area (Å²) in [7, 11) is 0. The third-order valence-electron chi connectivity index (χ3n) is 2.51. The minimum absolute atomic E-state index is 0.125. The van der Waals surface area contributed by atoms with Crippen molar-refractivity contribution in [1.29, 1.82) is 0 Å². The molecule has 0 radical (unpaired) electrons. The van der Waals surface area contributed by atoms with E-state index < -0.39 is 6.17 Å². The number of hydrogen-bond acceptors (Lipinski definition) is 2. The van der Waals surface area contributed by atoms with Crippen molar-refractivity contribution in [1.82, 2.24) is 10.2 Å². The molecule has 0 aliphatic carbocycles. The number of halogens is 2. The molecule has 2 fully saturated rings. The number of rotatable bonds is 1. The zero-order valence-corrected chi connectivity index (χ0v) is 8.42. The second kappa shape index (κ2) is 3.14. The second-order valence-electron chi connectivity index (χ2n) is 3.23. The van der Waals surface area contributed by atoms with Gasteiger partial charge in [0.05, 0.1) is 4.05 Å². The van der Waals surface area contributed by atoms with E-state index in [1.165, 1.54) is 0 Å². The molecule has 2 unspecified atom stereocenters. The molecule has 2 saturated heterocycles. The van der Waals surface area contributed by atoms with Crippen molar-refractivity contribution in [3.63, 3.8) is 0 Å². The van der Waals surface area contributed by atoms with Gasteiger partial charge in [0.1, 0.15) is 6.17 Å². The summed E-state index contributed by atoms with van der Waals surface area (Å²) < 4.78 is 13.1. The largest absolute Gasteiger partial charge is 0.314 e. The lowest BCUT2D eigenvalue weighted by Crippen LogP contribution is -2.57. The summed E-state index contributed by atoms with van der Waals surface area (Å²) >= 11 is 2.22. The molecular formula is C7H12FIN2. The summed E-state index contributed by atoms with van der Waals surface area (Å²) in [6.07, 6.45) is 0.126. The van der Waals surface area contributed by atoms with Gasteiger partial charge in [0, 0.05) is 25.7 Å². The number of alkyl halides is 2. The van der Waals surface area contributed by atoms with Crippen molar-refractivity contribution in [3.05, 3.63) is 0 Å². The highest BCUT2D eigenvalue weighted by Gasteiger charge is 2.38. The van der Waals surface area contributed by atoms with E-state index in [0.29, 0.717) is 6.04 Å². The van der Waals surface area contributed by atoms with Crippen LogP contribution in [0.15, 0.2) is 0 Å². The molecule has 64 valence electrons. The van der Waals surface area contributed by atoms with Crippen molar-refractivity contribution in [3.8, 4) is 0 Å². The van der Waals surface area contributed by atoms with E-state index in [9.17, 15) is 4.39 Å². The molecule has 0 aromatic rings. The highest BCUT2D eigenvalue weighted by Crippen LogP contribution is 2.28. The lowest BCUT2D eigenvalue weighted by Gasteiger charge is -2.37. The third kappa shape index (κ3) is 1.40. The van der Waals surface area contributed by atoms with Crippen molar-refractivity contribution in [2.45, 2.75) is 22.7 Å². The average molecular weight is 270 g/mol. The first kappa shape index (κ1) is 8.19. The molecule has 2 aliphatic heterocycles. The van der Waals surface area contributed by atoms with Crippen LogP contribution in [-0.4, -0.2) is 40.8 Å². The van der Waals surface area contributed by atoms with Gasteiger partial charge in [-0.1, -0.05) is 22.6 Å². The van der Waals surface area contributed by atoms with Crippen LogP contribution in [0.1, 0.15) is 6.42 Å². The smallest absolute Gasteiger partial charge is 0.126 e. The van der Waals surface area contributed by atoms with Gasteiger partial charge in [-0.15, -0.1) is 0 Å². The molecule has 2 nitrogen and oxygen atoms in total. The van der Waals surface area contributed by atoms with E-state index in [1.54, 1.807) is 0 Å². The molecule has 2 heterocycles. The van der Waals surface area contributed by atoms with Crippen LogP contribution in [0.25, 0.3) is 0 Å². The number of nitrogens with zero attached hydrogens (tertiary/aromatic N) is 1. The molecule has 0 aromatic heterocycles. The normalized spacial score (nSPS) is 40.9. The SMILES string of the molecule is FC1CCN(C2CNC2)C1I. The summed E-state index contributed by atoms with van der Waals surface area (Å²) in [6.45, 7) is 3.04. The summed E-state index contributed by atoms with van der Waals surface area (Å²) in [4.78, 5) is 2.28. The minimum atomic E-state index is -0.601. The standard InChI is InChI=1S/C7H12FIN2/c8-6-1-2-11(7(6)9)5-3-10-4-5/h5-7,10H,1-4H2. The predicted molar refractivity (Wildman–Crippen MR) is 50.7 cm³/mol. The van der Waals surface area contributed by atoms with Gasteiger partial charge in [0.25, 0.3) is 0 Å². The summed E-state index contributed by atoms with van der Waals surface area (Å²) in [6, 6.07) is 0.609. The Morgan fingerprint density at radius 2 is 2.18 bits per heavy atom. The maximum absolute atomic E-state index is 13.0. The van der Waals surface area contributed by atoms with Crippen molar-refractivity contribution >= 4 is 22.6 Å². The molecule has 2 rings (SSSR count). The molecular weight excluding hydrogens is 258 g/mol. The average Bonchev–Trinajstić information content (AvgIpc) is 2.15. The number of hydrogen-bond donors (Lipinski definition) is 1. The monoisotopic (exact) mass is 270 g/mol. The summed E-state index contributed by atoms with van der Waals surface area (Å²) in [5.41, 5.74) is 0. The van der Waals surface area contributed by atoms with Gasteiger partial charge in [-0.25, -0.2) is 4.39 Å². The molecule has 11 heavy (non-hydrogen) atoms. The van der Waals surface area contributed by atoms with E-state index >= 15 is 0 Å². The first-order valence-corrected chi connectivity index (χ1v) is 5.28. The topological polar surface area (TPSA) is 15.3 Å². The van der Waals surface area contributed by atoms with Crippen LogP contribution in [0.2, 0.25) is 0 Å². The number of nitrogens with one attached hydrogen (secondary N) is 1. The van der Waals surface area contributed by atoms with E-state index in [-0.39, 0.29) is 4.05 Å². The van der Waals surface area contributed by atoms with Crippen LogP contribution in [0.3, 0.4) is 0 Å². The van der Waals surface area contributed by atoms with Crippen LogP contribution >= 0.6 is 22.6 Å². The molecule has 0 bridgehead atoms. The Morgan fingerprint density at radius 1 is 1.45 bits per heavy atom. The van der Waals surface area contributed by atoms with Crippen LogP contribution in [0.4, 0.5) is 4.39 Å². The highest BCUT2D eigenvalue weighted by atomic mass is 127. The first-order valence-electron chi connectivity index (χ1n) is 4.03. The lowest BCUT2D eigenvalue weighted by molar-refractivity contribution is 0.158. The Hall–Kier alpha value is 0.580. The van der Waals surface area contributed by atoms with Gasteiger partial charge in [-0.05, 0) is 6.42 Å². The van der Waals surface area contributed by atoms with E-state index in [0.717, 1.165) is 26.1 Å². The molecule has 0 spiro atoms. The molecule has 0 saturated carbocycles. The molecule has 4 heteroatoms. The van der Waals surface area contributed by atoms with Gasteiger partial charge in [-0.2, -0.15) is 0 Å². The maximum Gasteiger partial charge on any atom is 0.126 e. The molecule has 0 amide bonds. The maximum atomic E-state index is 13.0. The Bertz CT molecular complexity index is 151. The Morgan fingerprint density at radius 3 is 2.55 bits per heavy atom. The fourth-order valence-electron chi connectivity index (χ4n) is 1.63. The Labute approximate surface area is 79.7 Å². The molecule has 0 aromatic carbocycles. The molecule has 2 atom stereocenters. The Kier molecular flexibility index (Phi) is 2.34. The number of likely N-dealkylation sites (tertiary alicyclic amines) is 1. The fraction of sp³-hybridized carbons (Fsp3) is 1.00. The minimum Gasteiger partial charge on any atom is -0.314 e. The van der Waals surface area contributed by atoms with Crippen LogP contribution in [0.5, 0.6) is 0 Å². The second-order valence-corrected chi connectivity index (χ2v) is 4.50. The first-order chi connectivity index (χ1) is 5.29. The van der Waals surface area contributed by atoms with Gasteiger partial charge < -0.3 is 5.32 Å². The van der Waals surface area contributed by atoms with Crippen molar-refractivity contribution in [2.24, 2.45) is 0 Å². The van der Waals surface area contributed by atoms with E-state index in [2.05, 4.69) is 32.8 Å². The van der Waals surface area contributed by atoms with Gasteiger partial charge >= 0.3 is 0 Å². The van der Waals surface area contributed by atoms with Gasteiger partial charge in [-0.3, -0.25) is 4.90 Å². The van der Waals surface area contributed by atoms with Crippen LogP contribution in [0, 0.1) is 0 Å². The summed E-state index contributed by atoms with van der Waals surface area (Å²) in [5, 5.41) is 3.21. The van der Waals surface area contributed by atoms with E-state index in [1.807, 2.05) is 0 Å². The fourth-order valence-corrected chi connectivity index (χ4v) is 2.73. The van der Waals surface area contributed by atoms with Gasteiger partial charge in [0.2, 0.25) is 0 Å². The van der Waals surface area contributed by atoms with Crippen LogP contribution in [-0.2, 0) is 0 Å².